The van der Waals surface area contributed by atoms with Gasteiger partial charge >= 0.3 is 0 Å². The van der Waals surface area contributed by atoms with E-state index in [2.05, 4.69) is 64.4 Å². The zero-order valence-corrected chi connectivity index (χ0v) is 17.8. The molecular formula is C10H9Br2Cl3N4S2. The van der Waals surface area contributed by atoms with Crippen molar-refractivity contribution in [2.45, 2.75) is 5.03 Å². The van der Waals surface area contributed by atoms with Crippen molar-refractivity contribution in [2.75, 3.05) is 12.5 Å². The monoisotopic (exact) mass is 512 g/mol. The van der Waals surface area contributed by atoms with E-state index in [4.69, 9.17) is 34.8 Å². The van der Waals surface area contributed by atoms with Crippen LogP contribution in [-0.2, 0) is 0 Å². The molecule has 2 aromatic heterocycles. The summed E-state index contributed by atoms with van der Waals surface area (Å²) in [6.07, 6.45) is 6.77. The maximum absolute atomic E-state index is 5.54. The van der Waals surface area contributed by atoms with E-state index in [1.165, 1.54) is 18.0 Å². The fraction of sp³-hybridized carbons (Fsp3) is 0.200. The smallest absolute Gasteiger partial charge is 0.223 e. The summed E-state index contributed by atoms with van der Waals surface area (Å²) in [4.78, 5) is 15.1. The lowest BCUT2D eigenvalue weighted by atomic mass is 10.7. The van der Waals surface area contributed by atoms with E-state index in [0.29, 0.717) is 9.63 Å². The molecule has 0 saturated heterocycles. The first-order chi connectivity index (χ1) is 9.93. The van der Waals surface area contributed by atoms with E-state index in [1.54, 1.807) is 12.5 Å². The van der Waals surface area contributed by atoms with Crippen molar-refractivity contribution in [1.82, 2.24) is 19.9 Å². The number of hydrogen-bond acceptors (Lipinski definition) is 6. The van der Waals surface area contributed by atoms with Crippen molar-refractivity contribution < 1.29 is 0 Å². The van der Waals surface area contributed by atoms with Gasteiger partial charge in [0.15, 0.2) is 0 Å². The van der Waals surface area contributed by atoms with Gasteiger partial charge in [0, 0.05) is 12.4 Å². The largest absolute Gasteiger partial charge is 0.225 e. The quantitative estimate of drug-likeness (QED) is 0.228. The van der Waals surface area contributed by atoms with Crippen LogP contribution >= 0.6 is 91.1 Å². The molecule has 0 saturated carbocycles. The van der Waals surface area contributed by atoms with Crippen LogP contribution in [0.5, 0.6) is 0 Å². The van der Waals surface area contributed by atoms with Crippen molar-refractivity contribution in [3.63, 3.8) is 0 Å². The van der Waals surface area contributed by atoms with E-state index in [0.717, 1.165) is 9.50 Å². The number of thiol groups is 1. The molecule has 116 valence electrons. The van der Waals surface area contributed by atoms with Crippen LogP contribution in [0.2, 0.25) is 15.7 Å². The molecule has 0 N–H and O–H groups in total. The van der Waals surface area contributed by atoms with Crippen LogP contribution in [0, 0.1) is 0 Å². The highest BCUT2D eigenvalue weighted by Gasteiger charge is 2.00. The van der Waals surface area contributed by atoms with Gasteiger partial charge in [-0.2, -0.15) is 12.6 Å². The first kappa shape index (κ1) is 21.7. The van der Waals surface area contributed by atoms with Gasteiger partial charge in [-0.1, -0.05) is 11.6 Å². The number of nitrogens with zero attached hydrogens (tertiary/aromatic N) is 4. The highest BCUT2D eigenvalue weighted by atomic mass is 79.9. The third-order valence-corrected chi connectivity index (χ3v) is 4.55. The van der Waals surface area contributed by atoms with Crippen molar-refractivity contribution in [2.24, 2.45) is 0 Å². The third kappa shape index (κ3) is 8.78. The zero-order chi connectivity index (χ0) is 16.4. The predicted octanol–water partition coefficient (Wildman–Crippen LogP) is 5.71. The Balaban J connectivity index is 0.000000342. The summed E-state index contributed by atoms with van der Waals surface area (Å²) in [5, 5.41) is 1.63. The lowest BCUT2D eigenvalue weighted by Crippen LogP contribution is -1.84. The van der Waals surface area contributed by atoms with Gasteiger partial charge in [0.05, 0.1) is 8.95 Å². The summed E-state index contributed by atoms with van der Waals surface area (Å²) in [5.41, 5.74) is 0. The number of thioether (sulfide) groups is 1. The molecule has 0 aliphatic heterocycles. The Morgan fingerprint density at radius 3 is 1.81 bits per heavy atom. The highest BCUT2D eigenvalue weighted by molar-refractivity contribution is 9.10. The minimum atomic E-state index is 0.156. The second-order valence-electron chi connectivity index (χ2n) is 2.77. The molecule has 2 rings (SSSR count). The molecule has 0 bridgehead atoms. The van der Waals surface area contributed by atoms with E-state index >= 15 is 0 Å². The van der Waals surface area contributed by atoms with Gasteiger partial charge in [0.25, 0.3) is 0 Å². The Bertz CT molecular complexity index is 578. The topological polar surface area (TPSA) is 51.6 Å². The molecule has 0 aromatic carbocycles. The van der Waals surface area contributed by atoms with Crippen LogP contribution in [-0.4, -0.2) is 32.4 Å². The van der Waals surface area contributed by atoms with Crippen molar-refractivity contribution >= 4 is 91.1 Å². The molecular weight excluding hydrogens is 506 g/mol. The summed E-state index contributed by atoms with van der Waals surface area (Å²) in [7, 11) is 0. The SMILES string of the molecule is CS.CSc1nc(Cl)ncc1Br.Clc1ncc(Br)c(Cl)n1. The van der Waals surface area contributed by atoms with Gasteiger partial charge in [-0.3, -0.25) is 0 Å². The summed E-state index contributed by atoms with van der Waals surface area (Å²) >= 11 is 27.9. The van der Waals surface area contributed by atoms with Gasteiger partial charge in [0.1, 0.15) is 10.2 Å². The second-order valence-corrected chi connectivity index (χ2v) is 6.31. The van der Waals surface area contributed by atoms with Crippen molar-refractivity contribution in [3.05, 3.63) is 37.1 Å². The van der Waals surface area contributed by atoms with Crippen LogP contribution in [0.1, 0.15) is 0 Å². The standard InChI is InChI=1S/C5H4BrClN2S.C4HBrCl2N2.CH4S/c1-10-4-3(6)2-8-5(7)9-4;5-2-1-8-4(7)9-3(2)6;1-2/h2H,1H3;1H;2H,1H3. The first-order valence-corrected chi connectivity index (χ1v) is 9.78. The summed E-state index contributed by atoms with van der Waals surface area (Å²) in [6, 6.07) is 0. The molecule has 11 heteroatoms. The predicted molar refractivity (Wildman–Crippen MR) is 101 cm³/mol. The lowest BCUT2D eigenvalue weighted by Gasteiger charge is -1.96. The third-order valence-electron chi connectivity index (χ3n) is 1.55. The Kier molecular flexibility index (Phi) is 12.6. The van der Waals surface area contributed by atoms with Crippen LogP contribution in [0.25, 0.3) is 0 Å². The normalized spacial score (nSPS) is 9.14. The Hall–Kier alpha value is 0.690. The average Bonchev–Trinajstić information content (AvgIpc) is 2.48. The number of rotatable bonds is 1. The average molecular weight is 516 g/mol. The molecule has 0 atom stereocenters. The van der Waals surface area contributed by atoms with Crippen molar-refractivity contribution in [1.29, 1.82) is 0 Å². The fourth-order valence-electron chi connectivity index (χ4n) is 0.801. The minimum absolute atomic E-state index is 0.156. The summed E-state index contributed by atoms with van der Waals surface area (Å²) < 4.78 is 1.53. The van der Waals surface area contributed by atoms with Crippen molar-refractivity contribution in [3.8, 4) is 0 Å². The molecule has 0 aliphatic rings. The first-order valence-electron chi connectivity index (χ1n) is 4.94. The Morgan fingerprint density at radius 1 is 0.952 bits per heavy atom. The molecule has 0 aliphatic carbocycles. The van der Waals surface area contributed by atoms with Crippen LogP contribution < -0.4 is 0 Å². The summed E-state index contributed by atoms with van der Waals surface area (Å²) in [6.45, 7) is 0. The van der Waals surface area contributed by atoms with Gasteiger partial charge < -0.3 is 0 Å². The molecule has 21 heavy (non-hydrogen) atoms. The van der Waals surface area contributed by atoms with E-state index in [9.17, 15) is 0 Å². The minimum Gasteiger partial charge on any atom is -0.225 e. The van der Waals surface area contributed by atoms with Crippen LogP contribution in [0.3, 0.4) is 0 Å². The second kappa shape index (κ2) is 12.2. The zero-order valence-electron chi connectivity index (χ0n) is 10.7. The molecule has 0 unspecified atom stereocenters. The van der Waals surface area contributed by atoms with E-state index in [1.807, 2.05) is 6.26 Å². The molecule has 0 amide bonds. The maximum atomic E-state index is 5.54. The van der Waals surface area contributed by atoms with Gasteiger partial charge in [-0.25, -0.2) is 19.9 Å². The Morgan fingerprint density at radius 2 is 1.43 bits per heavy atom. The van der Waals surface area contributed by atoms with Gasteiger partial charge in [0.2, 0.25) is 10.6 Å². The Labute approximate surface area is 164 Å². The maximum Gasteiger partial charge on any atom is 0.223 e. The lowest BCUT2D eigenvalue weighted by molar-refractivity contribution is 1.03. The fourth-order valence-corrected chi connectivity index (χ4v) is 2.58. The van der Waals surface area contributed by atoms with E-state index in [-0.39, 0.29) is 10.6 Å². The number of hydrogen-bond donors (Lipinski definition) is 1. The van der Waals surface area contributed by atoms with Crippen LogP contribution in [0.4, 0.5) is 0 Å². The number of aromatic nitrogens is 4. The molecule has 0 spiro atoms. The molecule has 2 heterocycles. The number of halogens is 5. The molecule has 0 radical (unpaired) electrons. The highest BCUT2D eigenvalue weighted by Crippen LogP contribution is 2.23. The van der Waals surface area contributed by atoms with E-state index < -0.39 is 0 Å². The summed E-state index contributed by atoms with van der Waals surface area (Å²) in [5.74, 6) is 0. The van der Waals surface area contributed by atoms with Gasteiger partial charge in [-0.15, -0.1) is 11.8 Å². The molecule has 4 nitrogen and oxygen atoms in total. The molecule has 0 fully saturated rings. The van der Waals surface area contributed by atoms with Gasteiger partial charge in [-0.05, 0) is 67.6 Å². The van der Waals surface area contributed by atoms with Crippen LogP contribution in [0.15, 0.2) is 26.4 Å². The molecule has 2 aromatic rings.